The van der Waals surface area contributed by atoms with E-state index >= 15 is 0 Å². The third-order valence-electron chi connectivity index (χ3n) is 3.17. The summed E-state index contributed by atoms with van der Waals surface area (Å²) in [5.74, 6) is -0.185. The molecule has 9 heteroatoms. The van der Waals surface area contributed by atoms with Gasteiger partial charge in [-0.3, -0.25) is 4.79 Å². The molecule has 0 spiro atoms. The van der Waals surface area contributed by atoms with E-state index in [0.717, 1.165) is 6.42 Å². The Hall–Kier alpha value is -0.553. The average Bonchev–Trinajstić information content (AvgIpc) is 2.60. The Balaban J connectivity index is 4.60. The minimum Gasteiger partial charge on any atom is -0.466 e. The van der Waals surface area contributed by atoms with Gasteiger partial charge in [0.2, 0.25) is 0 Å². The molecule has 150 valence electrons. The van der Waals surface area contributed by atoms with Gasteiger partial charge in [0.25, 0.3) is 0 Å². The molecular formula is C16H34O8Si. The third kappa shape index (κ3) is 13.3. The maximum Gasteiger partial charge on any atom is 0.501 e. The van der Waals surface area contributed by atoms with Crippen molar-refractivity contribution in [1.29, 1.82) is 0 Å². The Kier molecular flexibility index (Phi) is 16.5. The minimum absolute atomic E-state index is 0.185. The summed E-state index contributed by atoms with van der Waals surface area (Å²) in [6, 6.07) is 0.545. The van der Waals surface area contributed by atoms with Crippen LogP contribution in [0.1, 0.15) is 26.2 Å². The van der Waals surface area contributed by atoms with E-state index < -0.39 is 8.80 Å². The molecule has 0 aromatic rings. The molecule has 0 aliphatic rings. The Morgan fingerprint density at radius 3 is 1.64 bits per heavy atom. The summed E-state index contributed by atoms with van der Waals surface area (Å²) in [7, 11) is 1.90. The Labute approximate surface area is 152 Å². The molecule has 0 heterocycles. The molecule has 0 N–H and O–H groups in total. The standard InChI is InChI=1S/C16H34O8Si/c1-5-7-16(17)21-8-6-15-25(22-12-9-18-2,23-13-10-19-3)24-14-11-20-4/h5-15H2,1-4H3. The molecule has 0 radical (unpaired) electrons. The SMILES string of the molecule is CCCC(=O)OCCC[Si](OCCOC)(OCCOC)OCCOC. The largest absolute Gasteiger partial charge is 0.501 e. The Morgan fingerprint density at radius 2 is 1.24 bits per heavy atom. The molecule has 8 nitrogen and oxygen atoms in total. The molecule has 0 aliphatic heterocycles. The zero-order valence-corrected chi connectivity index (χ0v) is 17.0. The van der Waals surface area contributed by atoms with Gasteiger partial charge >= 0.3 is 14.8 Å². The van der Waals surface area contributed by atoms with Gasteiger partial charge in [-0.25, -0.2) is 0 Å². The van der Waals surface area contributed by atoms with Crippen LogP contribution in [0.5, 0.6) is 0 Å². The first-order valence-electron chi connectivity index (χ1n) is 8.68. The highest BCUT2D eigenvalue weighted by Gasteiger charge is 2.41. The fourth-order valence-corrected chi connectivity index (χ4v) is 4.38. The van der Waals surface area contributed by atoms with Crippen LogP contribution in [-0.2, 0) is 37.0 Å². The normalized spacial score (nSPS) is 11.7. The second-order valence-electron chi connectivity index (χ2n) is 5.28. The maximum atomic E-state index is 11.4. The first-order chi connectivity index (χ1) is 12.1. The Bertz CT molecular complexity index is 290. The molecule has 0 bridgehead atoms. The first-order valence-corrected chi connectivity index (χ1v) is 10.6. The van der Waals surface area contributed by atoms with Crippen molar-refractivity contribution < 1.29 is 37.0 Å². The van der Waals surface area contributed by atoms with Crippen LogP contribution in [0, 0.1) is 0 Å². The van der Waals surface area contributed by atoms with Crippen LogP contribution < -0.4 is 0 Å². The predicted molar refractivity (Wildman–Crippen MR) is 94.5 cm³/mol. The van der Waals surface area contributed by atoms with Gasteiger partial charge < -0.3 is 32.2 Å². The van der Waals surface area contributed by atoms with Gasteiger partial charge in [0.15, 0.2) is 0 Å². The van der Waals surface area contributed by atoms with E-state index in [9.17, 15) is 4.79 Å². The van der Waals surface area contributed by atoms with Gasteiger partial charge in [-0.2, -0.15) is 0 Å². The topological polar surface area (TPSA) is 81.7 Å². The number of hydrogen-bond acceptors (Lipinski definition) is 8. The number of methoxy groups -OCH3 is 3. The molecule has 25 heavy (non-hydrogen) atoms. The molecular weight excluding hydrogens is 348 g/mol. The van der Waals surface area contributed by atoms with Crippen LogP contribution in [0.15, 0.2) is 0 Å². The zero-order valence-electron chi connectivity index (χ0n) is 16.0. The van der Waals surface area contributed by atoms with Crippen LogP contribution in [0.2, 0.25) is 6.04 Å². The van der Waals surface area contributed by atoms with E-state index in [1.54, 1.807) is 21.3 Å². The lowest BCUT2D eigenvalue weighted by molar-refractivity contribution is -0.143. The van der Waals surface area contributed by atoms with Crippen molar-refractivity contribution in [3.63, 3.8) is 0 Å². The molecule has 0 aliphatic carbocycles. The summed E-state index contributed by atoms with van der Waals surface area (Å²) in [6.07, 6.45) is 1.81. The maximum absolute atomic E-state index is 11.4. The van der Waals surface area contributed by atoms with Crippen molar-refractivity contribution in [3.8, 4) is 0 Å². The number of carbonyl (C=O) groups is 1. The van der Waals surface area contributed by atoms with Crippen LogP contribution in [0.25, 0.3) is 0 Å². The van der Waals surface area contributed by atoms with Gasteiger partial charge in [-0.15, -0.1) is 0 Å². The lowest BCUT2D eigenvalue weighted by Gasteiger charge is -2.29. The fraction of sp³-hybridized carbons (Fsp3) is 0.938. The highest BCUT2D eigenvalue weighted by molar-refractivity contribution is 6.60. The fourth-order valence-electron chi connectivity index (χ4n) is 1.93. The van der Waals surface area contributed by atoms with Crippen molar-refractivity contribution in [2.24, 2.45) is 0 Å². The predicted octanol–water partition coefficient (Wildman–Crippen LogP) is 1.65. The van der Waals surface area contributed by atoms with Crippen LogP contribution in [-0.4, -0.2) is 82.4 Å². The van der Waals surface area contributed by atoms with E-state index in [-0.39, 0.29) is 5.97 Å². The first kappa shape index (κ1) is 24.4. The quantitative estimate of drug-likeness (QED) is 0.201. The average molecular weight is 383 g/mol. The summed E-state index contributed by atoms with van der Waals surface area (Å²) in [5, 5.41) is 0. The molecule has 0 aromatic carbocycles. The highest BCUT2D eigenvalue weighted by atomic mass is 28.4. The molecule has 0 aromatic heterocycles. The molecule has 0 saturated heterocycles. The summed E-state index contributed by atoms with van der Waals surface area (Å²) in [4.78, 5) is 11.4. The monoisotopic (exact) mass is 382 g/mol. The van der Waals surface area contributed by atoms with Crippen LogP contribution in [0.4, 0.5) is 0 Å². The van der Waals surface area contributed by atoms with Gasteiger partial charge in [0, 0.05) is 33.8 Å². The molecule has 0 saturated carbocycles. The van der Waals surface area contributed by atoms with Crippen molar-refractivity contribution >= 4 is 14.8 Å². The third-order valence-corrected chi connectivity index (χ3v) is 6.07. The van der Waals surface area contributed by atoms with E-state index in [1.807, 2.05) is 6.92 Å². The van der Waals surface area contributed by atoms with Gasteiger partial charge in [-0.1, -0.05) is 6.92 Å². The lowest BCUT2D eigenvalue weighted by Crippen LogP contribution is -2.48. The van der Waals surface area contributed by atoms with Crippen LogP contribution >= 0.6 is 0 Å². The van der Waals surface area contributed by atoms with E-state index in [1.165, 1.54) is 0 Å². The van der Waals surface area contributed by atoms with Crippen molar-refractivity contribution in [1.82, 2.24) is 0 Å². The van der Waals surface area contributed by atoms with Crippen LogP contribution in [0.3, 0.4) is 0 Å². The van der Waals surface area contributed by atoms with Gasteiger partial charge in [0.1, 0.15) is 0 Å². The molecule has 0 unspecified atom stereocenters. The van der Waals surface area contributed by atoms with Crippen molar-refractivity contribution in [2.75, 3.05) is 67.6 Å². The van der Waals surface area contributed by atoms with Crippen molar-refractivity contribution in [3.05, 3.63) is 0 Å². The van der Waals surface area contributed by atoms with Crippen molar-refractivity contribution in [2.45, 2.75) is 32.2 Å². The molecule has 0 fully saturated rings. The minimum atomic E-state index is -2.93. The molecule has 0 atom stereocenters. The number of carbonyl (C=O) groups excluding carboxylic acids is 1. The smallest absolute Gasteiger partial charge is 0.466 e. The zero-order chi connectivity index (χ0) is 18.8. The summed E-state index contributed by atoms with van der Waals surface area (Å²) >= 11 is 0. The summed E-state index contributed by atoms with van der Waals surface area (Å²) < 4.78 is 38.1. The number of rotatable bonds is 18. The van der Waals surface area contributed by atoms with Gasteiger partial charge in [-0.05, 0) is 12.8 Å². The Morgan fingerprint density at radius 1 is 0.760 bits per heavy atom. The number of ether oxygens (including phenoxy) is 4. The second-order valence-corrected chi connectivity index (χ2v) is 8.01. The summed E-state index contributed by atoms with van der Waals surface area (Å²) in [6.45, 7) is 4.72. The summed E-state index contributed by atoms with van der Waals surface area (Å²) in [5.41, 5.74) is 0. The van der Waals surface area contributed by atoms with E-state index in [4.69, 9.17) is 32.2 Å². The van der Waals surface area contributed by atoms with E-state index in [2.05, 4.69) is 0 Å². The molecule has 0 rings (SSSR count). The van der Waals surface area contributed by atoms with Gasteiger partial charge in [0.05, 0.1) is 46.2 Å². The van der Waals surface area contributed by atoms with E-state index in [0.29, 0.717) is 65.1 Å². The number of hydrogen-bond donors (Lipinski definition) is 0. The second kappa shape index (κ2) is 16.9. The highest BCUT2D eigenvalue weighted by Crippen LogP contribution is 2.18. The molecule has 0 amide bonds. The number of esters is 1. The lowest BCUT2D eigenvalue weighted by atomic mass is 10.3.